The molecule has 1 amide bonds. The van der Waals surface area contributed by atoms with Gasteiger partial charge in [0.2, 0.25) is 5.91 Å². The number of pyridine rings is 1. The number of aromatic nitrogens is 3. The molecule has 3 aromatic rings. The van der Waals surface area contributed by atoms with Gasteiger partial charge in [-0.15, -0.1) is 0 Å². The molecule has 9 nitrogen and oxygen atoms in total. The molecule has 2 aliphatic heterocycles. The summed E-state index contributed by atoms with van der Waals surface area (Å²) in [5.74, 6) is 1.13. The van der Waals surface area contributed by atoms with Gasteiger partial charge in [-0.2, -0.15) is 0 Å². The molecule has 0 N–H and O–H groups in total. The largest absolute Gasteiger partial charge is 0.465 e. The van der Waals surface area contributed by atoms with Crippen molar-refractivity contribution in [3.8, 4) is 0 Å². The van der Waals surface area contributed by atoms with Crippen LogP contribution in [0.3, 0.4) is 0 Å². The second-order valence-electron chi connectivity index (χ2n) is 8.19. The highest BCUT2D eigenvalue weighted by atomic mass is 79.9. The zero-order valence-corrected chi connectivity index (χ0v) is 19.8. The number of halogens is 1. The second-order valence-corrected chi connectivity index (χ2v) is 9.00. The molecule has 5 rings (SSSR count). The topological polar surface area (TPSA) is 89.8 Å². The average molecular weight is 514 g/mol. The number of hydrogen-bond acceptors (Lipinski definition) is 7. The first-order valence-electron chi connectivity index (χ1n) is 10.9. The molecule has 1 aromatic carbocycles. The Morgan fingerprint density at radius 3 is 2.79 bits per heavy atom. The van der Waals surface area contributed by atoms with E-state index in [9.17, 15) is 9.59 Å². The number of amides is 1. The molecule has 1 atom stereocenters. The molecule has 2 fully saturated rings. The lowest BCUT2D eigenvalue weighted by Gasteiger charge is -2.34. The number of carbonyl (C=O) groups is 2. The molecular weight excluding hydrogens is 490 g/mol. The lowest BCUT2D eigenvalue weighted by Crippen LogP contribution is -2.50. The van der Waals surface area contributed by atoms with Crippen molar-refractivity contribution in [2.75, 3.05) is 38.3 Å². The van der Waals surface area contributed by atoms with Crippen molar-refractivity contribution in [3.05, 3.63) is 52.4 Å². The Kier molecular flexibility index (Phi) is 6.13. The molecule has 0 radical (unpaired) electrons. The van der Waals surface area contributed by atoms with Crippen LogP contribution in [0.2, 0.25) is 0 Å². The molecule has 2 aliphatic rings. The van der Waals surface area contributed by atoms with Gasteiger partial charge in [0.15, 0.2) is 0 Å². The van der Waals surface area contributed by atoms with Crippen LogP contribution in [0.5, 0.6) is 0 Å². The molecule has 0 saturated carbocycles. The maximum atomic E-state index is 12.9. The Balaban J connectivity index is 1.38. The summed E-state index contributed by atoms with van der Waals surface area (Å²) in [6, 6.07) is 10.9. The van der Waals surface area contributed by atoms with Crippen molar-refractivity contribution in [2.45, 2.75) is 25.6 Å². The van der Waals surface area contributed by atoms with Crippen LogP contribution in [0, 0.1) is 0 Å². The zero-order chi connectivity index (χ0) is 22.9. The van der Waals surface area contributed by atoms with Crippen molar-refractivity contribution in [1.29, 1.82) is 0 Å². The Labute approximate surface area is 199 Å². The van der Waals surface area contributed by atoms with E-state index in [2.05, 4.69) is 30.4 Å². The number of imidazole rings is 1. The first kappa shape index (κ1) is 22.0. The number of carbonyl (C=O) groups excluding carboxylic acids is 2. The third-order valence-corrected chi connectivity index (χ3v) is 6.51. The highest BCUT2D eigenvalue weighted by molar-refractivity contribution is 9.10. The van der Waals surface area contributed by atoms with Crippen molar-refractivity contribution >= 4 is 44.7 Å². The highest BCUT2D eigenvalue weighted by Crippen LogP contribution is 2.24. The van der Waals surface area contributed by atoms with Crippen LogP contribution >= 0.6 is 15.9 Å². The minimum Gasteiger partial charge on any atom is -0.465 e. The number of ether oxygens (including phenoxy) is 2. The predicted molar refractivity (Wildman–Crippen MR) is 125 cm³/mol. The molecule has 0 bridgehead atoms. The minimum absolute atomic E-state index is 0.00446. The standard InChI is InChI=1S/C23H24BrN5O4/c1-32-23(31)15-5-6-17-18(11-15)29(12-16-7-10-33-16)21(25-17)13-27-8-9-28(22(30)14-27)20-4-2-3-19(24)26-20/h2-6,11,16H,7-10,12-14H2,1H3. The van der Waals surface area contributed by atoms with Crippen molar-refractivity contribution in [1.82, 2.24) is 19.4 Å². The van der Waals surface area contributed by atoms with E-state index in [4.69, 9.17) is 14.5 Å². The second kappa shape index (κ2) is 9.20. The summed E-state index contributed by atoms with van der Waals surface area (Å²) in [5, 5.41) is 0. The number of hydrogen-bond donors (Lipinski definition) is 0. The normalized spacial score (nSPS) is 19.0. The van der Waals surface area contributed by atoms with Crippen LogP contribution in [-0.2, 0) is 27.4 Å². The van der Waals surface area contributed by atoms with Gasteiger partial charge in [-0.3, -0.25) is 14.6 Å². The lowest BCUT2D eigenvalue weighted by molar-refractivity contribution is -0.121. The van der Waals surface area contributed by atoms with Gasteiger partial charge >= 0.3 is 5.97 Å². The summed E-state index contributed by atoms with van der Waals surface area (Å²) >= 11 is 3.37. The van der Waals surface area contributed by atoms with Crippen LogP contribution in [-0.4, -0.2) is 70.8 Å². The quantitative estimate of drug-likeness (QED) is 0.369. The first-order chi connectivity index (χ1) is 16.0. The summed E-state index contributed by atoms with van der Waals surface area (Å²) in [6.45, 7) is 3.49. The Hall–Kier alpha value is -2.82. The van der Waals surface area contributed by atoms with Crippen LogP contribution in [0.25, 0.3) is 11.0 Å². The summed E-state index contributed by atoms with van der Waals surface area (Å²) < 4.78 is 13.4. The van der Waals surface area contributed by atoms with E-state index in [1.165, 1.54) is 7.11 Å². The molecule has 2 aromatic heterocycles. The zero-order valence-electron chi connectivity index (χ0n) is 18.2. The van der Waals surface area contributed by atoms with E-state index in [0.29, 0.717) is 42.2 Å². The van der Waals surface area contributed by atoms with Crippen LogP contribution in [0.4, 0.5) is 5.82 Å². The number of piperazine rings is 1. The maximum absolute atomic E-state index is 12.9. The minimum atomic E-state index is -0.381. The van der Waals surface area contributed by atoms with E-state index >= 15 is 0 Å². The molecular formula is C23H24BrN5O4. The van der Waals surface area contributed by atoms with E-state index in [1.807, 2.05) is 30.3 Å². The van der Waals surface area contributed by atoms with Crippen molar-refractivity contribution in [3.63, 3.8) is 0 Å². The fraction of sp³-hybridized carbons (Fsp3) is 0.391. The Morgan fingerprint density at radius 1 is 1.24 bits per heavy atom. The predicted octanol–water partition coefficient (Wildman–Crippen LogP) is 2.62. The first-order valence-corrected chi connectivity index (χ1v) is 11.7. The number of anilines is 1. The van der Waals surface area contributed by atoms with E-state index in [0.717, 1.165) is 29.9 Å². The van der Waals surface area contributed by atoms with Gasteiger partial charge in [0.05, 0.1) is 49.4 Å². The smallest absolute Gasteiger partial charge is 0.337 e. The summed E-state index contributed by atoms with van der Waals surface area (Å²) in [7, 11) is 1.37. The monoisotopic (exact) mass is 513 g/mol. The van der Waals surface area contributed by atoms with Crippen LogP contribution in [0.15, 0.2) is 41.0 Å². The number of benzene rings is 1. The fourth-order valence-electron chi connectivity index (χ4n) is 4.22. The summed E-state index contributed by atoms with van der Waals surface area (Å²) in [5.41, 5.74) is 2.16. The molecule has 33 heavy (non-hydrogen) atoms. The van der Waals surface area contributed by atoms with Gasteiger partial charge in [0.25, 0.3) is 0 Å². The van der Waals surface area contributed by atoms with Gasteiger partial charge < -0.3 is 14.0 Å². The van der Waals surface area contributed by atoms with Gasteiger partial charge in [-0.05, 0) is 52.7 Å². The van der Waals surface area contributed by atoms with Gasteiger partial charge in [0.1, 0.15) is 16.2 Å². The van der Waals surface area contributed by atoms with Crippen molar-refractivity contribution < 1.29 is 19.1 Å². The number of rotatable bonds is 6. The molecule has 0 spiro atoms. The third-order valence-electron chi connectivity index (χ3n) is 6.07. The lowest BCUT2D eigenvalue weighted by atomic mass is 10.1. The number of esters is 1. The number of methoxy groups -OCH3 is 1. The van der Waals surface area contributed by atoms with Gasteiger partial charge in [0, 0.05) is 19.7 Å². The third kappa shape index (κ3) is 4.50. The van der Waals surface area contributed by atoms with Crippen LogP contribution < -0.4 is 4.90 Å². The number of fused-ring (bicyclic) bond motifs is 1. The molecule has 1 unspecified atom stereocenters. The summed E-state index contributed by atoms with van der Waals surface area (Å²) in [6.07, 6.45) is 1.12. The molecule has 0 aliphatic carbocycles. The maximum Gasteiger partial charge on any atom is 0.337 e. The Bertz CT molecular complexity index is 1210. The Morgan fingerprint density at radius 2 is 2.09 bits per heavy atom. The molecule has 4 heterocycles. The van der Waals surface area contributed by atoms with Gasteiger partial charge in [-0.1, -0.05) is 6.07 Å². The average Bonchev–Trinajstić information content (AvgIpc) is 3.11. The van der Waals surface area contributed by atoms with E-state index in [1.54, 1.807) is 11.0 Å². The van der Waals surface area contributed by atoms with Crippen molar-refractivity contribution in [2.24, 2.45) is 0 Å². The number of nitrogens with zero attached hydrogens (tertiary/aromatic N) is 5. The molecule has 2 saturated heterocycles. The van der Waals surface area contributed by atoms with Gasteiger partial charge in [-0.25, -0.2) is 14.8 Å². The molecule has 10 heteroatoms. The highest BCUT2D eigenvalue weighted by Gasteiger charge is 2.28. The fourth-order valence-corrected chi connectivity index (χ4v) is 4.56. The van der Waals surface area contributed by atoms with Crippen LogP contribution in [0.1, 0.15) is 22.6 Å². The van der Waals surface area contributed by atoms with E-state index in [-0.39, 0.29) is 24.5 Å². The summed E-state index contributed by atoms with van der Waals surface area (Å²) in [4.78, 5) is 38.0. The molecule has 172 valence electrons. The van der Waals surface area contributed by atoms with E-state index < -0.39 is 0 Å². The SMILES string of the molecule is COC(=O)c1ccc2nc(CN3CCN(c4cccc(Br)n4)C(=O)C3)n(CC3CCO3)c2c1.